The first kappa shape index (κ1) is 11.9. The summed E-state index contributed by atoms with van der Waals surface area (Å²) in [4.78, 5) is 10.8. The Labute approximate surface area is 78.7 Å². The molecule has 0 atom stereocenters. The SMILES string of the molecule is CCOC(=N)CCCC(=O)OCC. The highest BCUT2D eigenvalue weighted by Crippen LogP contribution is 1.99. The average molecular weight is 187 g/mol. The molecule has 0 bridgehead atoms. The minimum absolute atomic E-state index is 0.202. The second-order valence-corrected chi connectivity index (χ2v) is 2.51. The third-order valence-corrected chi connectivity index (χ3v) is 1.41. The van der Waals surface area contributed by atoms with Gasteiger partial charge in [0.1, 0.15) is 0 Å². The Morgan fingerprint density at radius 2 is 1.77 bits per heavy atom. The van der Waals surface area contributed by atoms with Gasteiger partial charge in [0, 0.05) is 12.8 Å². The summed E-state index contributed by atoms with van der Waals surface area (Å²) in [6.45, 7) is 4.54. The van der Waals surface area contributed by atoms with Crippen LogP contribution < -0.4 is 0 Å². The molecule has 0 saturated heterocycles. The molecule has 0 aromatic rings. The van der Waals surface area contributed by atoms with E-state index in [9.17, 15) is 4.79 Å². The molecule has 0 aromatic heterocycles. The van der Waals surface area contributed by atoms with Crippen LogP contribution in [0.2, 0.25) is 0 Å². The molecule has 0 spiro atoms. The molecule has 0 radical (unpaired) electrons. The first-order valence-corrected chi connectivity index (χ1v) is 4.56. The zero-order valence-electron chi connectivity index (χ0n) is 8.26. The van der Waals surface area contributed by atoms with Crippen LogP contribution in [0.15, 0.2) is 0 Å². The Morgan fingerprint density at radius 1 is 1.15 bits per heavy atom. The zero-order valence-corrected chi connectivity index (χ0v) is 8.26. The Balaban J connectivity index is 3.33. The fourth-order valence-electron chi connectivity index (χ4n) is 0.873. The van der Waals surface area contributed by atoms with E-state index in [2.05, 4.69) is 0 Å². The number of hydrogen-bond acceptors (Lipinski definition) is 4. The van der Waals surface area contributed by atoms with Crippen LogP contribution in [0, 0.1) is 5.41 Å². The van der Waals surface area contributed by atoms with Gasteiger partial charge in [-0.15, -0.1) is 0 Å². The number of esters is 1. The first-order valence-electron chi connectivity index (χ1n) is 4.56. The predicted molar refractivity (Wildman–Crippen MR) is 49.8 cm³/mol. The van der Waals surface area contributed by atoms with Crippen LogP contribution in [0.5, 0.6) is 0 Å². The monoisotopic (exact) mass is 187 g/mol. The number of carbonyl (C=O) groups is 1. The van der Waals surface area contributed by atoms with Gasteiger partial charge in [-0.3, -0.25) is 10.2 Å². The highest BCUT2D eigenvalue weighted by Gasteiger charge is 2.03. The van der Waals surface area contributed by atoms with Gasteiger partial charge in [0.25, 0.3) is 0 Å². The van der Waals surface area contributed by atoms with Gasteiger partial charge in [-0.2, -0.15) is 0 Å². The van der Waals surface area contributed by atoms with Gasteiger partial charge >= 0.3 is 5.97 Å². The fourth-order valence-corrected chi connectivity index (χ4v) is 0.873. The molecule has 0 aliphatic rings. The van der Waals surface area contributed by atoms with Crippen molar-refractivity contribution < 1.29 is 14.3 Å². The lowest BCUT2D eigenvalue weighted by Gasteiger charge is -2.04. The summed E-state index contributed by atoms with van der Waals surface area (Å²) in [5.74, 6) is 0.0404. The van der Waals surface area contributed by atoms with Gasteiger partial charge in [-0.1, -0.05) is 0 Å². The number of rotatable bonds is 6. The molecule has 1 N–H and O–H groups in total. The van der Waals surface area contributed by atoms with Gasteiger partial charge in [0.05, 0.1) is 13.2 Å². The van der Waals surface area contributed by atoms with Gasteiger partial charge in [0.2, 0.25) is 0 Å². The molecule has 0 saturated carbocycles. The normalized spacial score (nSPS) is 9.38. The van der Waals surface area contributed by atoms with Crippen molar-refractivity contribution in [1.29, 1.82) is 5.41 Å². The largest absolute Gasteiger partial charge is 0.481 e. The summed E-state index contributed by atoms with van der Waals surface area (Å²) in [6.07, 6.45) is 1.49. The third-order valence-electron chi connectivity index (χ3n) is 1.41. The Bertz CT molecular complexity index is 150. The second-order valence-electron chi connectivity index (χ2n) is 2.51. The van der Waals surface area contributed by atoms with E-state index in [4.69, 9.17) is 14.9 Å². The van der Waals surface area contributed by atoms with Crippen LogP contribution in [-0.4, -0.2) is 25.1 Å². The van der Waals surface area contributed by atoms with Gasteiger partial charge in [0.15, 0.2) is 5.90 Å². The van der Waals surface area contributed by atoms with Crippen LogP contribution >= 0.6 is 0 Å². The minimum atomic E-state index is -0.202. The number of nitrogens with one attached hydrogen (secondary N) is 1. The van der Waals surface area contributed by atoms with E-state index in [1.54, 1.807) is 6.92 Å². The molecule has 0 heterocycles. The molecular weight excluding hydrogens is 170 g/mol. The quantitative estimate of drug-likeness (QED) is 0.391. The van der Waals surface area contributed by atoms with Crippen molar-refractivity contribution in [2.45, 2.75) is 33.1 Å². The second kappa shape index (κ2) is 7.58. The maximum atomic E-state index is 10.8. The zero-order chi connectivity index (χ0) is 10.1. The van der Waals surface area contributed by atoms with E-state index in [1.165, 1.54) is 0 Å². The van der Waals surface area contributed by atoms with Crippen LogP contribution in [-0.2, 0) is 14.3 Å². The van der Waals surface area contributed by atoms with Gasteiger partial charge in [-0.05, 0) is 20.3 Å². The first-order chi connectivity index (χ1) is 6.20. The maximum Gasteiger partial charge on any atom is 0.305 e. The highest BCUT2D eigenvalue weighted by atomic mass is 16.5. The van der Waals surface area contributed by atoms with E-state index in [0.717, 1.165) is 0 Å². The Hall–Kier alpha value is -1.06. The highest BCUT2D eigenvalue weighted by molar-refractivity contribution is 5.74. The van der Waals surface area contributed by atoms with Crippen molar-refractivity contribution in [3.05, 3.63) is 0 Å². The summed E-state index contributed by atoms with van der Waals surface area (Å²) in [7, 11) is 0. The summed E-state index contributed by atoms with van der Waals surface area (Å²) >= 11 is 0. The molecule has 4 nitrogen and oxygen atoms in total. The van der Waals surface area contributed by atoms with E-state index < -0.39 is 0 Å². The maximum absolute atomic E-state index is 10.8. The van der Waals surface area contributed by atoms with Crippen LogP contribution in [0.3, 0.4) is 0 Å². The molecule has 0 fully saturated rings. The summed E-state index contributed by atoms with van der Waals surface area (Å²) in [5.41, 5.74) is 0. The molecule has 4 heteroatoms. The van der Waals surface area contributed by atoms with Crippen LogP contribution in [0.1, 0.15) is 33.1 Å². The smallest absolute Gasteiger partial charge is 0.305 e. The van der Waals surface area contributed by atoms with Crippen molar-refractivity contribution >= 4 is 11.9 Å². The van der Waals surface area contributed by atoms with E-state index in [1.807, 2.05) is 6.92 Å². The fraction of sp³-hybridized carbons (Fsp3) is 0.778. The topological polar surface area (TPSA) is 59.4 Å². The molecule has 0 unspecified atom stereocenters. The lowest BCUT2D eigenvalue weighted by molar-refractivity contribution is -0.143. The summed E-state index contributed by atoms with van der Waals surface area (Å²) in [5, 5.41) is 7.26. The average Bonchev–Trinajstić information content (AvgIpc) is 2.05. The lowest BCUT2D eigenvalue weighted by atomic mass is 10.2. The number of carbonyl (C=O) groups excluding carboxylic acids is 1. The molecular formula is C9H17NO3. The molecule has 0 amide bonds. The van der Waals surface area contributed by atoms with E-state index >= 15 is 0 Å². The van der Waals surface area contributed by atoms with E-state index in [0.29, 0.717) is 32.5 Å². The predicted octanol–water partition coefficient (Wildman–Crippen LogP) is 1.73. The Kier molecular flexibility index (Phi) is 6.96. The molecule has 13 heavy (non-hydrogen) atoms. The van der Waals surface area contributed by atoms with Crippen LogP contribution in [0.4, 0.5) is 0 Å². The van der Waals surface area contributed by atoms with Gasteiger partial charge in [-0.25, -0.2) is 0 Å². The van der Waals surface area contributed by atoms with E-state index in [-0.39, 0.29) is 11.9 Å². The molecule has 0 aliphatic carbocycles. The van der Waals surface area contributed by atoms with Crippen molar-refractivity contribution in [2.24, 2.45) is 0 Å². The molecule has 0 aliphatic heterocycles. The summed E-state index contributed by atoms with van der Waals surface area (Å²) in [6, 6.07) is 0. The third kappa shape index (κ3) is 7.31. The van der Waals surface area contributed by atoms with Crippen molar-refractivity contribution in [3.8, 4) is 0 Å². The minimum Gasteiger partial charge on any atom is -0.481 e. The number of ether oxygens (including phenoxy) is 2. The van der Waals surface area contributed by atoms with Crippen molar-refractivity contribution in [1.82, 2.24) is 0 Å². The van der Waals surface area contributed by atoms with Crippen molar-refractivity contribution in [3.63, 3.8) is 0 Å². The lowest BCUT2D eigenvalue weighted by Crippen LogP contribution is -2.07. The van der Waals surface area contributed by atoms with Crippen LogP contribution in [0.25, 0.3) is 0 Å². The number of hydrogen-bond donors (Lipinski definition) is 1. The van der Waals surface area contributed by atoms with Crippen molar-refractivity contribution in [2.75, 3.05) is 13.2 Å². The van der Waals surface area contributed by atoms with Gasteiger partial charge < -0.3 is 9.47 Å². The summed E-state index contributed by atoms with van der Waals surface area (Å²) < 4.78 is 9.65. The molecule has 76 valence electrons. The molecule has 0 rings (SSSR count). The molecule has 0 aromatic carbocycles. The Morgan fingerprint density at radius 3 is 2.31 bits per heavy atom. The standard InChI is InChI=1S/C9H17NO3/c1-3-12-8(10)6-5-7-9(11)13-4-2/h10H,3-7H2,1-2H3.